The topological polar surface area (TPSA) is 29.6 Å². The Morgan fingerprint density at radius 1 is 1.45 bits per heavy atom. The molecule has 0 bridgehead atoms. The van der Waals surface area contributed by atoms with E-state index in [9.17, 15) is 4.79 Å². The Kier molecular flexibility index (Phi) is 1.69. The fraction of sp³-hybridized carbons (Fsp3) is 0.875. The number of hydrogen-bond acceptors (Lipinski definition) is 2. The molecule has 0 aromatic heterocycles. The van der Waals surface area contributed by atoms with E-state index in [1.165, 1.54) is 12.8 Å². The van der Waals surface area contributed by atoms with E-state index in [1.54, 1.807) is 0 Å². The average molecular weight is 175 g/mol. The Balaban J connectivity index is 2.10. The molecule has 0 aromatic carbocycles. The van der Waals surface area contributed by atoms with E-state index >= 15 is 0 Å². The molecule has 0 spiro atoms. The first-order chi connectivity index (χ1) is 5.26. The predicted molar refractivity (Wildman–Crippen MR) is 41.5 cm³/mol. The number of fused-ring (bicyclic) bond motifs is 1. The quantitative estimate of drug-likeness (QED) is 0.449. The van der Waals surface area contributed by atoms with Crippen LogP contribution >= 0.6 is 11.6 Å². The van der Waals surface area contributed by atoms with Crippen molar-refractivity contribution >= 4 is 16.8 Å². The lowest BCUT2D eigenvalue weighted by Crippen LogP contribution is -2.21. The van der Waals surface area contributed by atoms with E-state index in [0.29, 0.717) is 0 Å². The minimum atomic E-state index is -0.544. The Morgan fingerprint density at radius 2 is 2.27 bits per heavy atom. The van der Waals surface area contributed by atoms with Gasteiger partial charge in [0.05, 0.1) is 6.10 Å². The molecule has 2 fully saturated rings. The third-order valence-electron chi connectivity index (χ3n) is 2.66. The van der Waals surface area contributed by atoms with Gasteiger partial charge in [-0.05, 0) is 30.9 Å². The summed E-state index contributed by atoms with van der Waals surface area (Å²) in [6.45, 7) is 0. The van der Waals surface area contributed by atoms with Crippen molar-refractivity contribution in [2.75, 3.05) is 0 Å². The first kappa shape index (κ1) is 7.56. The molecular formula is C8H11ClO2. The maximum Gasteiger partial charge on any atom is 0.256 e. The summed E-state index contributed by atoms with van der Waals surface area (Å²) in [7, 11) is 0. The summed E-state index contributed by atoms with van der Waals surface area (Å²) < 4.78 is 5.33. The van der Waals surface area contributed by atoms with Gasteiger partial charge in [0, 0.05) is 0 Å². The van der Waals surface area contributed by atoms with Gasteiger partial charge in [-0.3, -0.25) is 4.79 Å². The first-order valence-corrected chi connectivity index (χ1v) is 4.51. The van der Waals surface area contributed by atoms with Gasteiger partial charge < -0.3 is 4.74 Å². The Morgan fingerprint density at radius 3 is 3.00 bits per heavy atom. The highest BCUT2D eigenvalue weighted by Gasteiger charge is 2.61. The molecule has 1 aliphatic carbocycles. The predicted octanol–water partition coefficient (Wildman–Crippen LogP) is 1.85. The fourth-order valence-electron chi connectivity index (χ4n) is 1.90. The van der Waals surface area contributed by atoms with Crippen molar-refractivity contribution in [1.29, 1.82) is 0 Å². The van der Waals surface area contributed by atoms with Gasteiger partial charge in [0.15, 0.2) is 5.60 Å². The smallest absolute Gasteiger partial charge is 0.256 e. The maximum atomic E-state index is 11.0. The number of carbonyl (C=O) groups excluding carboxylic acids is 1. The second kappa shape index (κ2) is 2.46. The zero-order valence-corrected chi connectivity index (χ0v) is 7.06. The molecule has 1 saturated heterocycles. The second-order valence-electron chi connectivity index (χ2n) is 3.37. The lowest BCUT2D eigenvalue weighted by Gasteiger charge is -2.02. The molecular weight excluding hydrogens is 164 g/mol. The summed E-state index contributed by atoms with van der Waals surface area (Å²) in [5.41, 5.74) is -0.544. The van der Waals surface area contributed by atoms with Crippen LogP contribution in [-0.4, -0.2) is 16.9 Å². The van der Waals surface area contributed by atoms with Crippen LogP contribution in [0.3, 0.4) is 0 Å². The molecule has 3 heteroatoms. The number of ether oxygens (including phenoxy) is 1. The molecule has 2 atom stereocenters. The summed E-state index contributed by atoms with van der Waals surface area (Å²) in [5, 5.41) is -0.288. The summed E-state index contributed by atoms with van der Waals surface area (Å²) >= 11 is 5.45. The van der Waals surface area contributed by atoms with Crippen LogP contribution in [0.2, 0.25) is 0 Å². The van der Waals surface area contributed by atoms with Crippen molar-refractivity contribution < 1.29 is 9.53 Å². The van der Waals surface area contributed by atoms with Gasteiger partial charge in [-0.15, -0.1) is 0 Å². The second-order valence-corrected chi connectivity index (χ2v) is 3.71. The van der Waals surface area contributed by atoms with E-state index in [1.807, 2.05) is 0 Å². The van der Waals surface area contributed by atoms with Crippen molar-refractivity contribution in [1.82, 2.24) is 0 Å². The molecule has 2 aliphatic rings. The van der Waals surface area contributed by atoms with Crippen LogP contribution in [0.4, 0.5) is 0 Å². The van der Waals surface area contributed by atoms with Gasteiger partial charge in [0.2, 0.25) is 0 Å². The molecule has 2 nitrogen and oxygen atoms in total. The van der Waals surface area contributed by atoms with Gasteiger partial charge >= 0.3 is 0 Å². The zero-order chi connectivity index (χ0) is 7.90. The number of hydrogen-bond donors (Lipinski definition) is 0. The van der Waals surface area contributed by atoms with Crippen molar-refractivity contribution in [3.63, 3.8) is 0 Å². The zero-order valence-electron chi connectivity index (χ0n) is 6.31. The van der Waals surface area contributed by atoms with Crippen molar-refractivity contribution in [3.8, 4) is 0 Å². The highest BCUT2D eigenvalue weighted by atomic mass is 35.5. The van der Waals surface area contributed by atoms with Gasteiger partial charge in [0.25, 0.3) is 5.24 Å². The van der Waals surface area contributed by atoms with Gasteiger partial charge in [0.1, 0.15) is 0 Å². The number of carbonyl (C=O) groups is 1. The molecule has 0 N–H and O–H groups in total. The van der Waals surface area contributed by atoms with E-state index in [4.69, 9.17) is 16.3 Å². The summed E-state index contributed by atoms with van der Waals surface area (Å²) in [6.07, 6.45) is 5.46. The van der Waals surface area contributed by atoms with Gasteiger partial charge in [-0.25, -0.2) is 0 Å². The molecule has 2 rings (SSSR count). The summed E-state index contributed by atoms with van der Waals surface area (Å²) in [5.74, 6) is 0. The third-order valence-corrected chi connectivity index (χ3v) is 2.98. The van der Waals surface area contributed by atoms with Crippen LogP contribution < -0.4 is 0 Å². The first-order valence-electron chi connectivity index (χ1n) is 4.13. The average Bonchev–Trinajstić information content (AvgIpc) is 2.57. The molecule has 0 amide bonds. The van der Waals surface area contributed by atoms with Gasteiger partial charge in [-0.1, -0.05) is 12.8 Å². The van der Waals surface area contributed by atoms with E-state index in [2.05, 4.69) is 0 Å². The molecule has 0 unspecified atom stereocenters. The molecule has 1 aliphatic heterocycles. The monoisotopic (exact) mass is 174 g/mol. The van der Waals surface area contributed by atoms with E-state index < -0.39 is 5.60 Å². The summed E-state index contributed by atoms with van der Waals surface area (Å²) in [6, 6.07) is 0. The number of halogens is 1. The molecule has 0 radical (unpaired) electrons. The van der Waals surface area contributed by atoms with Crippen molar-refractivity contribution in [3.05, 3.63) is 0 Å². The van der Waals surface area contributed by atoms with Crippen LogP contribution in [0.15, 0.2) is 0 Å². The molecule has 62 valence electrons. The number of rotatable bonds is 1. The largest absolute Gasteiger partial charge is 0.356 e. The molecule has 11 heavy (non-hydrogen) atoms. The maximum absolute atomic E-state index is 11.0. The van der Waals surface area contributed by atoms with E-state index in [-0.39, 0.29) is 11.3 Å². The standard InChI is InChI=1S/C8H11ClO2/c9-7(10)8-5-3-1-2-4-6(8)11-8/h6H,1-5H2/t6-,8+/m1/s1. The van der Waals surface area contributed by atoms with Crippen LogP contribution in [-0.2, 0) is 9.53 Å². The summed E-state index contributed by atoms with van der Waals surface area (Å²) in [4.78, 5) is 11.0. The van der Waals surface area contributed by atoms with Crippen LogP contribution in [0.5, 0.6) is 0 Å². The van der Waals surface area contributed by atoms with Crippen LogP contribution in [0.25, 0.3) is 0 Å². The minimum absolute atomic E-state index is 0.148. The Hall–Kier alpha value is -0.0800. The van der Waals surface area contributed by atoms with Crippen LogP contribution in [0, 0.1) is 0 Å². The Labute approximate surface area is 70.9 Å². The lowest BCUT2D eigenvalue weighted by atomic mass is 10.0. The lowest BCUT2D eigenvalue weighted by molar-refractivity contribution is -0.116. The third kappa shape index (κ3) is 1.09. The highest BCUT2D eigenvalue weighted by Crippen LogP contribution is 2.47. The van der Waals surface area contributed by atoms with Crippen LogP contribution in [0.1, 0.15) is 32.1 Å². The molecule has 1 saturated carbocycles. The van der Waals surface area contributed by atoms with E-state index in [0.717, 1.165) is 19.3 Å². The fourth-order valence-corrected chi connectivity index (χ4v) is 2.16. The molecule has 0 aromatic rings. The van der Waals surface area contributed by atoms with Gasteiger partial charge in [-0.2, -0.15) is 0 Å². The minimum Gasteiger partial charge on any atom is -0.356 e. The highest BCUT2D eigenvalue weighted by molar-refractivity contribution is 6.66. The van der Waals surface area contributed by atoms with Crippen molar-refractivity contribution in [2.24, 2.45) is 0 Å². The normalized spacial score (nSPS) is 42.5. The van der Waals surface area contributed by atoms with Crippen molar-refractivity contribution in [2.45, 2.75) is 43.8 Å². The molecule has 1 heterocycles. The number of epoxide rings is 1. The Bertz CT molecular complexity index is 193. The SMILES string of the molecule is O=C(Cl)[C@]12CCCCC[C@H]1O2.